The lowest BCUT2D eigenvalue weighted by atomic mass is 9.96. The lowest BCUT2D eigenvalue weighted by Gasteiger charge is -2.32. The Kier molecular flexibility index (Phi) is 10.4. The van der Waals surface area contributed by atoms with Gasteiger partial charge in [-0.05, 0) is 58.1 Å². The largest absolute Gasteiger partial charge is 0.444 e. The fourth-order valence-electron chi connectivity index (χ4n) is 5.06. The van der Waals surface area contributed by atoms with Crippen LogP contribution in [-0.4, -0.2) is 45.6 Å². The van der Waals surface area contributed by atoms with Crippen molar-refractivity contribution in [1.82, 2.24) is 15.2 Å². The van der Waals surface area contributed by atoms with Crippen LogP contribution in [0.1, 0.15) is 63.5 Å². The van der Waals surface area contributed by atoms with E-state index in [0.717, 1.165) is 0 Å². The Morgan fingerprint density at radius 3 is 2.40 bits per heavy atom. The van der Waals surface area contributed by atoms with Crippen LogP contribution in [0.4, 0.5) is 42.6 Å². The molecule has 9 nitrogen and oxygen atoms in total. The van der Waals surface area contributed by atoms with Gasteiger partial charge in [-0.15, -0.1) is 23.4 Å². The molecule has 0 spiro atoms. The van der Waals surface area contributed by atoms with Gasteiger partial charge in [0, 0.05) is 12.6 Å². The fourth-order valence-corrected chi connectivity index (χ4v) is 5.06. The van der Waals surface area contributed by atoms with E-state index in [2.05, 4.69) is 33.7 Å². The van der Waals surface area contributed by atoms with Crippen LogP contribution in [0.2, 0.25) is 0 Å². The van der Waals surface area contributed by atoms with Crippen LogP contribution in [0, 0.1) is 0 Å². The average Bonchev–Trinajstić information content (AvgIpc) is 3.66. The quantitative estimate of drug-likeness (QED) is 0.160. The molecule has 47 heavy (non-hydrogen) atoms. The number of amides is 1. The van der Waals surface area contributed by atoms with Crippen molar-refractivity contribution in [1.29, 1.82) is 0 Å². The van der Waals surface area contributed by atoms with Gasteiger partial charge in [0.15, 0.2) is 5.69 Å². The molecule has 0 aliphatic carbocycles. The number of alkyl halides is 6. The highest BCUT2D eigenvalue weighted by atomic mass is 19.4. The van der Waals surface area contributed by atoms with Crippen molar-refractivity contribution in [3.63, 3.8) is 0 Å². The van der Waals surface area contributed by atoms with Crippen LogP contribution in [0.25, 0.3) is 11.6 Å². The maximum Gasteiger partial charge on any atom is 0.426 e. The first kappa shape index (κ1) is 35.5. The van der Waals surface area contributed by atoms with Crippen molar-refractivity contribution < 1.29 is 45.0 Å². The Labute approximate surface area is 267 Å². The molecule has 4 rings (SSSR count). The van der Waals surface area contributed by atoms with E-state index in [4.69, 9.17) is 13.9 Å². The zero-order valence-corrected chi connectivity index (χ0v) is 26.0. The second-order valence-corrected chi connectivity index (χ2v) is 11.9. The van der Waals surface area contributed by atoms with Gasteiger partial charge >= 0.3 is 18.4 Å². The van der Waals surface area contributed by atoms with E-state index < -0.39 is 83.3 Å². The summed E-state index contributed by atoms with van der Waals surface area (Å²) in [7, 11) is 0. The first-order valence-corrected chi connectivity index (χ1v) is 14.7. The number of ether oxygens (including phenoxy) is 2. The number of halogens is 6. The van der Waals surface area contributed by atoms with E-state index >= 15 is 0 Å². The van der Waals surface area contributed by atoms with Crippen LogP contribution in [0.3, 0.4) is 0 Å². The van der Waals surface area contributed by atoms with Crippen LogP contribution in [0.15, 0.2) is 66.1 Å². The number of hydrogen-bond acceptors (Lipinski definition) is 8. The summed E-state index contributed by atoms with van der Waals surface area (Å²) in [6, 6.07) is 8.21. The number of nitrogens with zero attached hydrogens (tertiary/aromatic N) is 4. The molecule has 1 aliphatic heterocycles. The standard InChI is InChI=1S/C32H35F6N5O4/c1-6-8-16-30(32(36,37)38,45-19-20-13-10-9-11-14-20)27-42-41-26(46-27)24-23(39-28(44)47-29(3,4)5)18-22(31(33,34)35)25(40-24)43-17-12-15-21(43)7-2/h6-7,9-11,13-14,18,21H,1-2,8,12,15-17,19H2,3-5H3,(H,39,44). The highest BCUT2D eigenvalue weighted by Gasteiger charge is 2.61. The normalized spacial score (nSPS) is 16.9. The first-order valence-electron chi connectivity index (χ1n) is 14.7. The van der Waals surface area contributed by atoms with Gasteiger partial charge < -0.3 is 18.8 Å². The van der Waals surface area contributed by atoms with Crippen molar-refractivity contribution in [3.8, 4) is 11.6 Å². The second-order valence-electron chi connectivity index (χ2n) is 11.9. The Morgan fingerprint density at radius 2 is 1.81 bits per heavy atom. The predicted octanol–water partition coefficient (Wildman–Crippen LogP) is 8.59. The van der Waals surface area contributed by atoms with Crippen molar-refractivity contribution in [3.05, 3.63) is 78.7 Å². The van der Waals surface area contributed by atoms with Crippen LogP contribution >= 0.6 is 0 Å². The summed E-state index contributed by atoms with van der Waals surface area (Å²) in [6.07, 6.45) is -8.27. The summed E-state index contributed by atoms with van der Waals surface area (Å²) < 4.78 is 104. The van der Waals surface area contributed by atoms with Gasteiger partial charge in [0.2, 0.25) is 5.60 Å². The number of anilines is 2. The van der Waals surface area contributed by atoms with E-state index in [0.29, 0.717) is 24.5 Å². The Hall–Kier alpha value is -4.40. The van der Waals surface area contributed by atoms with Crippen molar-refractivity contribution in [2.75, 3.05) is 16.8 Å². The molecule has 1 aliphatic rings. The van der Waals surface area contributed by atoms with Gasteiger partial charge in [-0.1, -0.05) is 42.5 Å². The Bertz CT molecular complexity index is 1570. The molecule has 0 bridgehead atoms. The minimum atomic E-state index is -5.09. The molecule has 1 saturated heterocycles. The lowest BCUT2D eigenvalue weighted by Crippen LogP contribution is -2.45. The number of carbonyl (C=O) groups excluding carboxylic acids is 1. The molecule has 15 heteroatoms. The third-order valence-corrected chi connectivity index (χ3v) is 7.25. The minimum Gasteiger partial charge on any atom is -0.444 e. The van der Waals surface area contributed by atoms with Crippen molar-refractivity contribution in [2.45, 2.75) is 82.7 Å². The molecule has 3 aromatic rings. The summed E-state index contributed by atoms with van der Waals surface area (Å²) >= 11 is 0. The van der Waals surface area contributed by atoms with Crippen LogP contribution in [0.5, 0.6) is 0 Å². The molecule has 0 saturated carbocycles. The van der Waals surface area contributed by atoms with Crippen molar-refractivity contribution in [2.24, 2.45) is 0 Å². The highest BCUT2D eigenvalue weighted by Crippen LogP contribution is 2.47. The molecule has 254 valence electrons. The highest BCUT2D eigenvalue weighted by molar-refractivity contribution is 5.90. The fraction of sp³-hybridized carbons (Fsp3) is 0.438. The van der Waals surface area contributed by atoms with E-state index in [1.54, 1.807) is 51.1 Å². The average molecular weight is 668 g/mol. The van der Waals surface area contributed by atoms with Gasteiger partial charge in [-0.3, -0.25) is 5.32 Å². The summed E-state index contributed by atoms with van der Waals surface area (Å²) in [5.41, 5.74) is -6.02. The molecule has 1 aromatic carbocycles. The number of rotatable bonds is 11. The zero-order chi connectivity index (χ0) is 34.6. The zero-order valence-electron chi connectivity index (χ0n) is 26.0. The second kappa shape index (κ2) is 13.8. The first-order chi connectivity index (χ1) is 22.0. The van der Waals surface area contributed by atoms with E-state index in [9.17, 15) is 31.1 Å². The monoisotopic (exact) mass is 667 g/mol. The van der Waals surface area contributed by atoms with E-state index in [-0.39, 0.29) is 13.0 Å². The molecule has 0 radical (unpaired) electrons. The summed E-state index contributed by atoms with van der Waals surface area (Å²) in [5, 5.41) is 9.67. The number of allylic oxidation sites excluding steroid dienone is 1. The SMILES string of the molecule is C=CCCC(OCc1ccccc1)(c1nnc(-c2nc(N3CCCC3C=C)c(C(F)(F)F)cc2NC(=O)OC(C)(C)C)o1)C(F)(F)F. The van der Waals surface area contributed by atoms with E-state index in [1.807, 2.05) is 0 Å². The van der Waals surface area contributed by atoms with Gasteiger partial charge in [0.1, 0.15) is 17.0 Å². The number of carbonyl (C=O) groups is 1. The molecule has 2 atom stereocenters. The molecule has 3 heterocycles. The summed E-state index contributed by atoms with van der Waals surface area (Å²) in [4.78, 5) is 18.3. The van der Waals surface area contributed by atoms with Gasteiger partial charge in [-0.2, -0.15) is 26.3 Å². The van der Waals surface area contributed by atoms with E-state index in [1.165, 1.54) is 17.1 Å². The third kappa shape index (κ3) is 8.13. The third-order valence-electron chi connectivity index (χ3n) is 7.25. The molecule has 2 aromatic heterocycles. The number of nitrogens with one attached hydrogen (secondary N) is 1. The maximum atomic E-state index is 14.9. The molecule has 1 N–H and O–H groups in total. The molecule has 1 fully saturated rings. The summed E-state index contributed by atoms with van der Waals surface area (Å²) in [6.45, 7) is 11.5. The topological polar surface area (TPSA) is 103 Å². The molecule has 1 amide bonds. The smallest absolute Gasteiger partial charge is 0.426 e. The number of hydrogen-bond donors (Lipinski definition) is 1. The maximum absolute atomic E-state index is 14.9. The lowest BCUT2D eigenvalue weighted by molar-refractivity contribution is -0.299. The molecular formula is C32H35F6N5O4. The van der Waals surface area contributed by atoms with Crippen molar-refractivity contribution >= 4 is 17.6 Å². The Morgan fingerprint density at radius 1 is 1.11 bits per heavy atom. The molecule has 2 unspecified atom stereocenters. The van der Waals surface area contributed by atoms with Crippen LogP contribution in [-0.2, 0) is 27.9 Å². The Balaban J connectivity index is 1.90. The minimum absolute atomic E-state index is 0.169. The van der Waals surface area contributed by atoms with Gasteiger partial charge in [-0.25, -0.2) is 9.78 Å². The number of benzene rings is 1. The predicted molar refractivity (Wildman–Crippen MR) is 161 cm³/mol. The van der Waals surface area contributed by atoms with Gasteiger partial charge in [0.25, 0.3) is 11.8 Å². The number of pyridine rings is 1. The van der Waals surface area contributed by atoms with Crippen LogP contribution < -0.4 is 10.2 Å². The molecular weight excluding hydrogens is 632 g/mol. The summed E-state index contributed by atoms with van der Waals surface area (Å²) in [5.74, 6) is -2.24. The van der Waals surface area contributed by atoms with Gasteiger partial charge in [0.05, 0.1) is 12.3 Å². The number of aromatic nitrogens is 3.